The molecule has 3 rings (SSSR count). The molecule has 0 aromatic rings. The van der Waals surface area contributed by atoms with Gasteiger partial charge in [0, 0.05) is 31.2 Å². The number of rotatable bonds is 2. The Bertz CT molecular complexity index is 299. The van der Waals surface area contributed by atoms with Crippen LogP contribution in [0.15, 0.2) is 0 Å². The summed E-state index contributed by atoms with van der Waals surface area (Å²) in [5.74, 6) is 2.82. The second-order valence-corrected chi connectivity index (χ2v) is 7.51. The molecule has 3 aliphatic rings. The fraction of sp³-hybridized carbons (Fsp3) is 1.00. The third-order valence-corrected chi connectivity index (χ3v) is 6.02. The van der Waals surface area contributed by atoms with Crippen LogP contribution < -0.4 is 5.32 Å². The van der Waals surface area contributed by atoms with Gasteiger partial charge in [-0.1, -0.05) is 13.8 Å². The van der Waals surface area contributed by atoms with E-state index in [0.717, 1.165) is 23.8 Å². The number of hydrogen-bond acceptors (Lipinski definition) is 2. The summed E-state index contributed by atoms with van der Waals surface area (Å²) < 4.78 is 0. The molecule has 0 amide bonds. The molecule has 0 spiro atoms. The summed E-state index contributed by atoms with van der Waals surface area (Å²) in [6, 6.07) is 0.872. The summed E-state index contributed by atoms with van der Waals surface area (Å²) in [7, 11) is 0. The van der Waals surface area contributed by atoms with Crippen molar-refractivity contribution in [1.82, 2.24) is 10.2 Å². The molecule has 0 aromatic carbocycles. The van der Waals surface area contributed by atoms with Crippen molar-refractivity contribution in [3.63, 3.8) is 0 Å². The summed E-state index contributed by atoms with van der Waals surface area (Å²) in [5.41, 5.74) is 0.421. The normalized spacial score (nSPS) is 47.2. The van der Waals surface area contributed by atoms with Gasteiger partial charge >= 0.3 is 0 Å². The Morgan fingerprint density at radius 3 is 2.50 bits per heavy atom. The van der Waals surface area contributed by atoms with E-state index in [1.807, 2.05) is 0 Å². The van der Waals surface area contributed by atoms with Gasteiger partial charge in [0.15, 0.2) is 0 Å². The van der Waals surface area contributed by atoms with Gasteiger partial charge in [-0.3, -0.25) is 4.90 Å². The fourth-order valence-electron chi connectivity index (χ4n) is 4.20. The summed E-state index contributed by atoms with van der Waals surface area (Å²) in [6.07, 6.45) is 7.22. The van der Waals surface area contributed by atoms with Gasteiger partial charge in [-0.25, -0.2) is 0 Å². The topological polar surface area (TPSA) is 15.3 Å². The highest BCUT2D eigenvalue weighted by Gasteiger charge is 2.45. The predicted molar refractivity (Wildman–Crippen MR) is 76.7 cm³/mol. The minimum Gasteiger partial charge on any atom is -0.309 e. The molecule has 2 saturated carbocycles. The maximum atomic E-state index is 3.80. The zero-order valence-electron chi connectivity index (χ0n) is 12.4. The fourth-order valence-corrected chi connectivity index (χ4v) is 4.20. The van der Waals surface area contributed by atoms with Crippen molar-refractivity contribution in [2.24, 2.45) is 17.8 Å². The molecular weight excluding hydrogens is 220 g/mol. The largest absolute Gasteiger partial charge is 0.309 e. The smallest absolute Gasteiger partial charge is 0.0309 e. The van der Waals surface area contributed by atoms with E-state index in [1.54, 1.807) is 0 Å². The highest BCUT2D eigenvalue weighted by molar-refractivity contribution is 5.03. The van der Waals surface area contributed by atoms with E-state index >= 15 is 0 Å². The summed E-state index contributed by atoms with van der Waals surface area (Å²) in [5, 5.41) is 3.80. The van der Waals surface area contributed by atoms with E-state index in [0.29, 0.717) is 5.54 Å². The van der Waals surface area contributed by atoms with Crippen LogP contribution in [0.1, 0.15) is 52.9 Å². The second kappa shape index (κ2) is 4.79. The first kappa shape index (κ1) is 12.9. The molecule has 2 nitrogen and oxygen atoms in total. The lowest BCUT2D eigenvalue weighted by molar-refractivity contribution is 0.0495. The van der Waals surface area contributed by atoms with Gasteiger partial charge in [-0.2, -0.15) is 0 Å². The molecule has 1 saturated heterocycles. The molecule has 0 radical (unpaired) electrons. The van der Waals surface area contributed by atoms with Crippen LogP contribution in [0.2, 0.25) is 0 Å². The van der Waals surface area contributed by atoms with E-state index in [9.17, 15) is 0 Å². The number of hydrogen-bond donors (Lipinski definition) is 1. The summed E-state index contributed by atoms with van der Waals surface area (Å²) in [6.45, 7) is 11.1. The molecule has 4 unspecified atom stereocenters. The highest BCUT2D eigenvalue weighted by Crippen LogP contribution is 2.42. The molecule has 0 aromatic heterocycles. The van der Waals surface area contributed by atoms with Crippen molar-refractivity contribution in [3.8, 4) is 0 Å². The Morgan fingerprint density at radius 2 is 1.83 bits per heavy atom. The Morgan fingerprint density at radius 1 is 1.06 bits per heavy atom. The first-order valence-corrected chi connectivity index (χ1v) is 8.07. The van der Waals surface area contributed by atoms with E-state index in [4.69, 9.17) is 0 Å². The van der Waals surface area contributed by atoms with Crippen molar-refractivity contribution in [1.29, 1.82) is 0 Å². The molecule has 2 heteroatoms. The Kier molecular flexibility index (Phi) is 3.44. The third-order valence-electron chi connectivity index (χ3n) is 6.02. The van der Waals surface area contributed by atoms with Crippen LogP contribution in [0.25, 0.3) is 0 Å². The molecule has 2 aliphatic carbocycles. The van der Waals surface area contributed by atoms with Crippen LogP contribution >= 0.6 is 0 Å². The Balaban J connectivity index is 1.62. The van der Waals surface area contributed by atoms with Crippen molar-refractivity contribution in [2.75, 3.05) is 19.6 Å². The van der Waals surface area contributed by atoms with Crippen LogP contribution in [0, 0.1) is 17.8 Å². The zero-order chi connectivity index (χ0) is 12.8. The molecule has 1 N–H and O–H groups in total. The van der Waals surface area contributed by atoms with Crippen molar-refractivity contribution in [3.05, 3.63) is 0 Å². The molecule has 1 heterocycles. The molecular formula is C16H30N2. The first-order chi connectivity index (χ1) is 8.58. The second-order valence-electron chi connectivity index (χ2n) is 7.51. The van der Waals surface area contributed by atoms with Crippen molar-refractivity contribution >= 4 is 0 Å². The summed E-state index contributed by atoms with van der Waals surface area (Å²) >= 11 is 0. The zero-order valence-corrected chi connectivity index (χ0v) is 12.4. The van der Waals surface area contributed by atoms with Crippen LogP contribution in [-0.4, -0.2) is 36.1 Å². The number of piperazine rings is 1. The van der Waals surface area contributed by atoms with E-state index in [-0.39, 0.29) is 0 Å². The van der Waals surface area contributed by atoms with E-state index in [2.05, 4.69) is 31.0 Å². The maximum absolute atomic E-state index is 3.80. The van der Waals surface area contributed by atoms with Crippen molar-refractivity contribution in [2.45, 2.75) is 64.5 Å². The standard InChI is InChI=1S/C16H30N2/c1-12-4-7-15(10-13(12)2)18-9-8-17-16(3,11-18)14-5-6-14/h12-15,17H,4-11H2,1-3H3. The number of nitrogens with zero attached hydrogens (tertiary/aromatic N) is 1. The van der Waals surface area contributed by atoms with Crippen molar-refractivity contribution < 1.29 is 0 Å². The highest BCUT2D eigenvalue weighted by atomic mass is 15.2. The van der Waals surface area contributed by atoms with Crippen LogP contribution in [0.4, 0.5) is 0 Å². The minimum absolute atomic E-state index is 0.421. The van der Waals surface area contributed by atoms with Crippen LogP contribution in [0.5, 0.6) is 0 Å². The lowest BCUT2D eigenvalue weighted by atomic mass is 9.78. The van der Waals surface area contributed by atoms with Gasteiger partial charge in [0.25, 0.3) is 0 Å². The van der Waals surface area contributed by atoms with Gasteiger partial charge in [-0.15, -0.1) is 0 Å². The molecule has 3 fully saturated rings. The lowest BCUT2D eigenvalue weighted by Crippen LogP contribution is -2.62. The SMILES string of the molecule is CC1CCC(N2CCNC(C)(C3CC3)C2)CC1C. The first-order valence-electron chi connectivity index (χ1n) is 8.07. The maximum Gasteiger partial charge on any atom is 0.0309 e. The van der Waals surface area contributed by atoms with Gasteiger partial charge in [0.1, 0.15) is 0 Å². The minimum atomic E-state index is 0.421. The number of nitrogens with one attached hydrogen (secondary N) is 1. The van der Waals surface area contributed by atoms with Gasteiger partial charge < -0.3 is 5.32 Å². The average Bonchev–Trinajstić information content (AvgIpc) is 3.17. The third kappa shape index (κ3) is 2.46. The molecule has 0 bridgehead atoms. The molecule has 4 atom stereocenters. The Labute approximate surface area is 113 Å². The Hall–Kier alpha value is -0.0800. The van der Waals surface area contributed by atoms with E-state index < -0.39 is 0 Å². The molecule has 18 heavy (non-hydrogen) atoms. The summed E-state index contributed by atoms with van der Waals surface area (Å²) in [4.78, 5) is 2.82. The van der Waals surface area contributed by atoms with Crippen LogP contribution in [-0.2, 0) is 0 Å². The molecule has 104 valence electrons. The predicted octanol–water partition coefficient (Wildman–Crippen LogP) is 2.89. The van der Waals surface area contributed by atoms with Gasteiger partial charge in [-0.05, 0) is 56.8 Å². The van der Waals surface area contributed by atoms with E-state index in [1.165, 1.54) is 51.7 Å². The van der Waals surface area contributed by atoms with Gasteiger partial charge in [0.05, 0.1) is 0 Å². The van der Waals surface area contributed by atoms with Gasteiger partial charge in [0.2, 0.25) is 0 Å². The quantitative estimate of drug-likeness (QED) is 0.811. The lowest BCUT2D eigenvalue weighted by Gasteiger charge is -2.47. The average molecular weight is 250 g/mol. The van der Waals surface area contributed by atoms with Crippen LogP contribution in [0.3, 0.4) is 0 Å². The molecule has 1 aliphatic heterocycles. The monoisotopic (exact) mass is 250 g/mol.